The highest BCUT2D eigenvalue weighted by atomic mass is 31.1. The van der Waals surface area contributed by atoms with E-state index in [-0.39, 0.29) is 0 Å². The van der Waals surface area contributed by atoms with Crippen molar-refractivity contribution >= 4 is 18.5 Å². The first-order chi connectivity index (χ1) is 12.3. The molecular weight excluding hydrogens is 323 g/mol. The smallest absolute Gasteiger partial charge is 0.127 e. The average Bonchev–Trinajstić information content (AvgIpc) is 2.90. The molecule has 1 nitrogen and oxygen atoms in total. The highest BCUT2D eigenvalue weighted by molar-refractivity contribution is 7.77. The van der Waals surface area contributed by atoms with E-state index in [1.54, 1.807) is 7.11 Å². The molecule has 0 heterocycles. The highest BCUT2D eigenvalue weighted by Crippen LogP contribution is 2.50. The van der Waals surface area contributed by atoms with E-state index in [9.17, 15) is 0 Å². The van der Waals surface area contributed by atoms with Crippen molar-refractivity contribution in [3.63, 3.8) is 0 Å². The van der Waals surface area contributed by atoms with Crippen LogP contribution >= 0.6 is 7.92 Å². The maximum atomic E-state index is 5.68. The van der Waals surface area contributed by atoms with Crippen molar-refractivity contribution < 1.29 is 4.74 Å². The first-order valence-corrected chi connectivity index (χ1v) is 10.5. The second-order valence-electron chi connectivity index (χ2n) is 5.84. The molecule has 2 unspecified atom stereocenters. The lowest BCUT2D eigenvalue weighted by Crippen LogP contribution is -2.17. The van der Waals surface area contributed by atoms with Crippen LogP contribution in [0.3, 0.4) is 0 Å². The molecule has 0 saturated carbocycles. The lowest BCUT2D eigenvalue weighted by atomic mass is 10.1. The molecule has 0 saturated heterocycles. The van der Waals surface area contributed by atoms with Gasteiger partial charge in [-0.1, -0.05) is 87.5 Å². The molecule has 0 amide bonds. The average molecular weight is 352 g/mol. The van der Waals surface area contributed by atoms with Crippen LogP contribution in [0, 0.1) is 5.92 Å². The van der Waals surface area contributed by atoms with Crippen molar-refractivity contribution in [3.8, 4) is 5.75 Å². The van der Waals surface area contributed by atoms with Crippen LogP contribution in [0.1, 0.15) is 33.6 Å². The molecule has 1 aliphatic carbocycles. The number of benzene rings is 2. The third-order valence-corrected chi connectivity index (χ3v) is 7.05. The molecule has 2 heteroatoms. The summed E-state index contributed by atoms with van der Waals surface area (Å²) in [5, 5.41) is 4.23. The molecule has 0 bridgehead atoms. The molecule has 3 rings (SSSR count). The van der Waals surface area contributed by atoms with E-state index >= 15 is 0 Å². The van der Waals surface area contributed by atoms with Crippen molar-refractivity contribution in [2.75, 3.05) is 7.11 Å². The lowest BCUT2D eigenvalue weighted by Gasteiger charge is -2.27. The monoisotopic (exact) mass is 352 g/mol. The maximum absolute atomic E-state index is 5.68. The lowest BCUT2D eigenvalue weighted by molar-refractivity contribution is 0.418. The summed E-state index contributed by atoms with van der Waals surface area (Å²) in [6.45, 7) is 6.35. The number of para-hydroxylation sites is 1. The number of hydrogen-bond donors (Lipinski definition) is 0. The number of rotatable bonds is 4. The first kappa shape index (κ1) is 19.5. The Morgan fingerprint density at radius 3 is 2.36 bits per heavy atom. The van der Waals surface area contributed by atoms with Crippen LogP contribution in [-0.4, -0.2) is 7.11 Å². The van der Waals surface area contributed by atoms with Gasteiger partial charge in [0.05, 0.1) is 7.11 Å². The Balaban J connectivity index is 0.00000109. The van der Waals surface area contributed by atoms with E-state index in [2.05, 4.69) is 73.7 Å². The van der Waals surface area contributed by atoms with Gasteiger partial charge in [0.2, 0.25) is 0 Å². The van der Waals surface area contributed by atoms with Gasteiger partial charge in [-0.25, -0.2) is 0 Å². The largest absolute Gasteiger partial charge is 0.496 e. The van der Waals surface area contributed by atoms with E-state index in [1.165, 1.54) is 22.3 Å². The van der Waals surface area contributed by atoms with Crippen LogP contribution in [0.2, 0.25) is 0 Å². The molecule has 2 aromatic rings. The summed E-state index contributed by atoms with van der Waals surface area (Å²) in [5.74, 6) is 1.57. The Labute approximate surface area is 154 Å². The van der Waals surface area contributed by atoms with Crippen molar-refractivity contribution in [2.24, 2.45) is 5.92 Å². The van der Waals surface area contributed by atoms with Crippen molar-refractivity contribution in [1.29, 1.82) is 0 Å². The van der Waals surface area contributed by atoms with Crippen LogP contribution in [0.4, 0.5) is 0 Å². The van der Waals surface area contributed by atoms with Gasteiger partial charge in [-0.2, -0.15) is 0 Å². The number of hydrogen-bond acceptors (Lipinski definition) is 1. The Kier molecular flexibility index (Phi) is 7.95. The van der Waals surface area contributed by atoms with E-state index in [4.69, 9.17) is 4.74 Å². The standard InChI is InChI=1S/C21H23OP.C2H6/c1-17-11-5-3-8-15-20(17)23(18-12-6-4-7-13-18)21-16-10-9-14-19(21)22-2;1-2/h3-4,6-10,12-17H,5,11H2,1-2H3;1-2H3. The maximum Gasteiger partial charge on any atom is 0.127 e. The minimum absolute atomic E-state index is 0.567. The molecule has 0 N–H and O–H groups in total. The third-order valence-electron chi connectivity index (χ3n) is 4.27. The minimum Gasteiger partial charge on any atom is -0.496 e. The number of allylic oxidation sites excluding steroid dienone is 4. The van der Waals surface area contributed by atoms with Gasteiger partial charge in [0.1, 0.15) is 5.75 Å². The SMILES string of the molecule is CC.COc1ccccc1P(C1=CC=CCCC1C)c1ccccc1. The molecule has 132 valence electrons. The molecule has 0 fully saturated rings. The molecule has 25 heavy (non-hydrogen) atoms. The van der Waals surface area contributed by atoms with Crippen LogP contribution in [0.25, 0.3) is 0 Å². The molecule has 2 aromatic carbocycles. The fourth-order valence-electron chi connectivity index (χ4n) is 3.03. The predicted octanol–water partition coefficient (Wildman–Crippen LogP) is 6.02. The van der Waals surface area contributed by atoms with E-state index in [0.29, 0.717) is 5.92 Å². The summed E-state index contributed by atoms with van der Waals surface area (Å²) in [7, 11) is 1.20. The third kappa shape index (κ3) is 4.83. The predicted molar refractivity (Wildman–Crippen MR) is 113 cm³/mol. The van der Waals surface area contributed by atoms with Crippen LogP contribution in [0.15, 0.2) is 78.1 Å². The minimum atomic E-state index is -0.567. The van der Waals surface area contributed by atoms with Gasteiger partial charge in [-0.05, 0) is 43.4 Å². The number of methoxy groups -OCH3 is 1. The molecular formula is C23H29OP. The first-order valence-electron chi connectivity index (χ1n) is 9.16. The zero-order valence-corrected chi connectivity index (χ0v) is 16.7. The Bertz CT molecular complexity index is 703. The van der Waals surface area contributed by atoms with E-state index in [1.807, 2.05) is 19.9 Å². The summed E-state index contributed by atoms with van der Waals surface area (Å²) in [4.78, 5) is 0. The Hall–Kier alpha value is -1.85. The number of ether oxygens (including phenoxy) is 1. The van der Waals surface area contributed by atoms with Gasteiger partial charge >= 0.3 is 0 Å². The normalized spacial score (nSPS) is 17.6. The van der Waals surface area contributed by atoms with Crippen molar-refractivity contribution in [2.45, 2.75) is 33.6 Å². The van der Waals surface area contributed by atoms with Crippen molar-refractivity contribution in [1.82, 2.24) is 0 Å². The summed E-state index contributed by atoms with van der Waals surface area (Å²) >= 11 is 0. The van der Waals surface area contributed by atoms with Gasteiger partial charge in [-0.3, -0.25) is 0 Å². The Morgan fingerprint density at radius 1 is 0.960 bits per heavy atom. The van der Waals surface area contributed by atoms with Crippen LogP contribution in [0.5, 0.6) is 5.75 Å². The van der Waals surface area contributed by atoms with Gasteiger partial charge < -0.3 is 4.74 Å². The summed E-state index contributed by atoms with van der Waals surface area (Å²) in [6.07, 6.45) is 9.22. The Morgan fingerprint density at radius 2 is 1.64 bits per heavy atom. The molecule has 2 atom stereocenters. The fraction of sp³-hybridized carbons (Fsp3) is 0.304. The molecule has 0 aromatic heterocycles. The summed E-state index contributed by atoms with van der Waals surface area (Å²) in [5.41, 5.74) is 0. The molecule has 0 aliphatic heterocycles. The second kappa shape index (κ2) is 10.2. The zero-order valence-electron chi connectivity index (χ0n) is 15.8. The summed E-state index contributed by atoms with van der Waals surface area (Å²) < 4.78 is 5.68. The van der Waals surface area contributed by atoms with Gasteiger partial charge in [-0.15, -0.1) is 0 Å². The zero-order chi connectivity index (χ0) is 18.1. The molecule has 1 aliphatic rings. The molecule has 0 radical (unpaired) electrons. The van der Waals surface area contributed by atoms with Crippen molar-refractivity contribution in [3.05, 3.63) is 78.1 Å². The van der Waals surface area contributed by atoms with Crippen LogP contribution in [-0.2, 0) is 0 Å². The highest BCUT2D eigenvalue weighted by Gasteiger charge is 2.25. The summed E-state index contributed by atoms with van der Waals surface area (Å²) in [6, 6.07) is 19.3. The van der Waals surface area contributed by atoms with E-state index in [0.717, 1.165) is 12.2 Å². The fourth-order valence-corrected chi connectivity index (χ4v) is 5.79. The van der Waals surface area contributed by atoms with E-state index < -0.39 is 7.92 Å². The van der Waals surface area contributed by atoms with Gasteiger partial charge in [0.25, 0.3) is 0 Å². The quantitative estimate of drug-likeness (QED) is 0.611. The topological polar surface area (TPSA) is 9.23 Å². The molecule has 0 spiro atoms. The van der Waals surface area contributed by atoms with Crippen LogP contribution < -0.4 is 15.3 Å². The second-order valence-corrected chi connectivity index (χ2v) is 8.03. The van der Waals surface area contributed by atoms with Gasteiger partial charge in [0.15, 0.2) is 0 Å². The van der Waals surface area contributed by atoms with Gasteiger partial charge in [0, 0.05) is 5.30 Å².